The summed E-state index contributed by atoms with van der Waals surface area (Å²) in [6.45, 7) is 0.839. The number of ether oxygens (including phenoxy) is 2. The molecule has 1 aromatic carbocycles. The molecule has 0 saturated carbocycles. The minimum atomic E-state index is -3.79. The fraction of sp³-hybridized carbons (Fsp3) is 0.400. The first-order valence-electron chi connectivity index (χ1n) is 7.12. The summed E-state index contributed by atoms with van der Waals surface area (Å²) in [5.74, 6) is -0.918. The summed E-state index contributed by atoms with van der Waals surface area (Å²) in [6.07, 6.45) is 3.89. The highest BCUT2D eigenvalue weighted by Crippen LogP contribution is 2.25. The van der Waals surface area contributed by atoms with Crippen molar-refractivity contribution in [3.63, 3.8) is 0 Å². The molecule has 0 spiro atoms. The van der Waals surface area contributed by atoms with Crippen LogP contribution in [0.25, 0.3) is 6.08 Å². The van der Waals surface area contributed by atoms with E-state index < -0.39 is 16.0 Å². The van der Waals surface area contributed by atoms with Crippen molar-refractivity contribution in [1.29, 1.82) is 0 Å². The number of hydrogen-bond donors (Lipinski definition) is 2. The molecule has 0 aliphatic carbocycles. The van der Waals surface area contributed by atoms with Crippen molar-refractivity contribution in [2.45, 2.75) is 23.8 Å². The van der Waals surface area contributed by atoms with Crippen LogP contribution in [0.5, 0.6) is 5.75 Å². The van der Waals surface area contributed by atoms with E-state index in [0.29, 0.717) is 12.2 Å². The van der Waals surface area contributed by atoms with Crippen LogP contribution in [-0.4, -0.2) is 45.9 Å². The Bertz CT molecular complexity index is 692. The maximum atomic E-state index is 12.5. The van der Waals surface area contributed by atoms with Gasteiger partial charge in [0.1, 0.15) is 10.6 Å². The lowest BCUT2D eigenvalue weighted by molar-refractivity contribution is -0.131. The Labute approximate surface area is 135 Å². The Morgan fingerprint density at radius 3 is 2.91 bits per heavy atom. The summed E-state index contributed by atoms with van der Waals surface area (Å²) in [7, 11) is -2.41. The fourth-order valence-corrected chi connectivity index (χ4v) is 3.53. The molecule has 0 radical (unpaired) electrons. The van der Waals surface area contributed by atoms with Gasteiger partial charge in [0.25, 0.3) is 0 Å². The van der Waals surface area contributed by atoms with E-state index in [9.17, 15) is 13.2 Å². The molecule has 1 heterocycles. The van der Waals surface area contributed by atoms with Gasteiger partial charge >= 0.3 is 5.97 Å². The summed E-state index contributed by atoms with van der Waals surface area (Å²) < 4.78 is 37.9. The Morgan fingerprint density at radius 1 is 1.52 bits per heavy atom. The number of nitrogens with one attached hydrogen (secondary N) is 1. The van der Waals surface area contributed by atoms with E-state index in [1.54, 1.807) is 6.07 Å². The van der Waals surface area contributed by atoms with Crippen molar-refractivity contribution in [2.24, 2.45) is 0 Å². The molecular weight excluding hydrogens is 322 g/mol. The first-order valence-corrected chi connectivity index (χ1v) is 8.61. The smallest absolute Gasteiger partial charge is 0.328 e. The summed E-state index contributed by atoms with van der Waals surface area (Å²) in [5, 5.41) is 8.65. The first kappa shape index (κ1) is 17.5. The number of aliphatic carboxylic acids is 1. The van der Waals surface area contributed by atoms with Crippen LogP contribution in [-0.2, 0) is 19.6 Å². The molecule has 7 nitrogen and oxygen atoms in total. The predicted molar refractivity (Wildman–Crippen MR) is 83.8 cm³/mol. The summed E-state index contributed by atoms with van der Waals surface area (Å²) in [5.41, 5.74) is 0.450. The van der Waals surface area contributed by atoms with Gasteiger partial charge in [0.05, 0.1) is 13.2 Å². The highest BCUT2D eigenvalue weighted by molar-refractivity contribution is 7.89. The third kappa shape index (κ3) is 4.78. The van der Waals surface area contributed by atoms with Gasteiger partial charge in [-0.15, -0.1) is 0 Å². The monoisotopic (exact) mass is 341 g/mol. The van der Waals surface area contributed by atoms with Crippen molar-refractivity contribution in [3.05, 3.63) is 29.8 Å². The predicted octanol–water partition coefficient (Wildman–Crippen LogP) is 1.25. The molecule has 23 heavy (non-hydrogen) atoms. The average molecular weight is 341 g/mol. The van der Waals surface area contributed by atoms with Gasteiger partial charge in [0.15, 0.2) is 0 Å². The molecule has 0 unspecified atom stereocenters. The zero-order valence-electron chi connectivity index (χ0n) is 12.7. The van der Waals surface area contributed by atoms with Gasteiger partial charge in [0.2, 0.25) is 10.0 Å². The van der Waals surface area contributed by atoms with Crippen molar-refractivity contribution in [2.75, 3.05) is 20.3 Å². The van der Waals surface area contributed by atoms with Crippen molar-refractivity contribution in [3.8, 4) is 5.75 Å². The number of hydrogen-bond acceptors (Lipinski definition) is 5. The lowest BCUT2D eigenvalue weighted by atomic mass is 10.2. The largest absolute Gasteiger partial charge is 0.495 e. The summed E-state index contributed by atoms with van der Waals surface area (Å²) >= 11 is 0. The number of carboxylic acids is 1. The van der Waals surface area contributed by atoms with E-state index in [1.807, 2.05) is 0 Å². The minimum absolute atomic E-state index is 0.0365. The SMILES string of the molecule is COc1ccc(/C=C/C(=O)O)cc1S(=O)(=O)NC[C@@H]1CCCO1. The Kier molecular flexibility index (Phi) is 5.75. The molecule has 0 bridgehead atoms. The van der Waals surface area contributed by atoms with Crippen LogP contribution < -0.4 is 9.46 Å². The Balaban J connectivity index is 2.23. The van der Waals surface area contributed by atoms with Gasteiger partial charge in [-0.25, -0.2) is 17.9 Å². The maximum Gasteiger partial charge on any atom is 0.328 e. The second-order valence-electron chi connectivity index (χ2n) is 5.07. The molecule has 1 aromatic rings. The average Bonchev–Trinajstić information content (AvgIpc) is 3.04. The highest BCUT2D eigenvalue weighted by atomic mass is 32.2. The molecule has 0 aromatic heterocycles. The number of sulfonamides is 1. The molecule has 126 valence electrons. The fourth-order valence-electron chi connectivity index (χ4n) is 2.26. The van der Waals surface area contributed by atoms with Crippen LogP contribution in [0.2, 0.25) is 0 Å². The Morgan fingerprint density at radius 2 is 2.30 bits per heavy atom. The van der Waals surface area contributed by atoms with Crippen LogP contribution in [0.4, 0.5) is 0 Å². The molecule has 1 aliphatic rings. The van der Waals surface area contributed by atoms with Crippen LogP contribution >= 0.6 is 0 Å². The molecule has 1 aliphatic heterocycles. The van der Waals surface area contributed by atoms with Crippen molar-refractivity contribution in [1.82, 2.24) is 4.72 Å². The van der Waals surface area contributed by atoms with Crippen LogP contribution in [0.3, 0.4) is 0 Å². The Hall–Kier alpha value is -1.90. The number of carboxylic acid groups (broad SMARTS) is 1. The van der Waals surface area contributed by atoms with E-state index in [2.05, 4.69) is 4.72 Å². The number of rotatable bonds is 7. The third-order valence-electron chi connectivity index (χ3n) is 3.42. The molecule has 2 N–H and O–H groups in total. The second-order valence-corrected chi connectivity index (χ2v) is 6.80. The molecule has 0 amide bonds. The number of benzene rings is 1. The van der Waals surface area contributed by atoms with Crippen LogP contribution in [0, 0.1) is 0 Å². The summed E-state index contributed by atoms with van der Waals surface area (Å²) in [6, 6.07) is 4.44. The number of methoxy groups -OCH3 is 1. The standard InChI is InChI=1S/C15H19NO6S/c1-21-13-6-4-11(5-7-15(17)18)9-14(13)23(19,20)16-10-12-3-2-8-22-12/h4-7,9,12,16H,2-3,8,10H2,1H3,(H,17,18)/b7-5+/t12-/m0/s1. The maximum absolute atomic E-state index is 12.5. The molecule has 1 saturated heterocycles. The normalized spacial score (nSPS) is 18.4. The van der Waals surface area contributed by atoms with Gasteiger partial charge in [0, 0.05) is 19.2 Å². The number of carbonyl (C=O) groups is 1. The van der Waals surface area contributed by atoms with E-state index in [-0.39, 0.29) is 23.3 Å². The van der Waals surface area contributed by atoms with E-state index in [1.165, 1.54) is 25.3 Å². The van der Waals surface area contributed by atoms with Gasteiger partial charge in [-0.2, -0.15) is 0 Å². The van der Waals surface area contributed by atoms with E-state index in [4.69, 9.17) is 14.6 Å². The van der Waals surface area contributed by atoms with Gasteiger partial charge < -0.3 is 14.6 Å². The molecule has 1 atom stereocenters. The van der Waals surface area contributed by atoms with Gasteiger partial charge in [-0.3, -0.25) is 0 Å². The quantitative estimate of drug-likeness (QED) is 0.724. The van der Waals surface area contributed by atoms with Gasteiger partial charge in [-0.1, -0.05) is 6.07 Å². The lowest BCUT2D eigenvalue weighted by Gasteiger charge is -2.14. The molecular formula is C15H19NO6S. The third-order valence-corrected chi connectivity index (χ3v) is 4.87. The topological polar surface area (TPSA) is 102 Å². The molecule has 2 rings (SSSR count). The van der Waals surface area contributed by atoms with E-state index in [0.717, 1.165) is 18.9 Å². The summed E-state index contributed by atoms with van der Waals surface area (Å²) in [4.78, 5) is 10.5. The van der Waals surface area contributed by atoms with E-state index >= 15 is 0 Å². The minimum Gasteiger partial charge on any atom is -0.495 e. The first-order chi connectivity index (χ1) is 10.9. The molecule has 8 heteroatoms. The van der Waals surface area contributed by atoms with Crippen molar-refractivity contribution < 1.29 is 27.8 Å². The van der Waals surface area contributed by atoms with Gasteiger partial charge in [-0.05, 0) is 36.6 Å². The zero-order chi connectivity index (χ0) is 16.9. The lowest BCUT2D eigenvalue weighted by Crippen LogP contribution is -2.32. The highest BCUT2D eigenvalue weighted by Gasteiger charge is 2.23. The van der Waals surface area contributed by atoms with Crippen LogP contribution in [0.1, 0.15) is 18.4 Å². The van der Waals surface area contributed by atoms with Crippen molar-refractivity contribution >= 4 is 22.1 Å². The molecule has 1 fully saturated rings. The second kappa shape index (κ2) is 7.58. The van der Waals surface area contributed by atoms with Crippen LogP contribution in [0.15, 0.2) is 29.2 Å². The zero-order valence-corrected chi connectivity index (χ0v) is 13.5.